The minimum absolute atomic E-state index is 0.0294. The molecule has 2 aliphatic heterocycles. The van der Waals surface area contributed by atoms with Gasteiger partial charge in [0.05, 0.1) is 17.3 Å². The topological polar surface area (TPSA) is 140 Å². The fraction of sp³-hybridized carbons (Fsp3) is 0.429. The highest BCUT2D eigenvalue weighted by Gasteiger charge is 2.62. The van der Waals surface area contributed by atoms with E-state index < -0.39 is 37.5 Å². The molecular weight excluding hydrogens is 487 g/mol. The Morgan fingerprint density at radius 2 is 1.97 bits per heavy atom. The van der Waals surface area contributed by atoms with Gasteiger partial charge in [-0.25, -0.2) is 14.1 Å². The second kappa shape index (κ2) is 8.17. The number of phosphoric ester groups is 1. The Kier molecular flexibility index (Phi) is 5.64. The molecule has 0 radical (unpaired) electrons. The fourth-order valence-electron chi connectivity index (χ4n) is 4.32. The van der Waals surface area contributed by atoms with Crippen LogP contribution >= 0.6 is 19.4 Å². The summed E-state index contributed by atoms with van der Waals surface area (Å²) in [6.45, 7) is 4.99. The smallest absolute Gasteiger partial charge is 0.403 e. The molecule has 2 fully saturated rings. The third kappa shape index (κ3) is 4.18. The first-order valence-electron chi connectivity index (χ1n) is 10.5. The van der Waals surface area contributed by atoms with Gasteiger partial charge in [-0.15, -0.1) is 0 Å². The number of fused-ring (bicyclic) bond motifs is 2. The molecule has 0 spiro atoms. The maximum absolute atomic E-state index is 12.7. The van der Waals surface area contributed by atoms with Crippen molar-refractivity contribution in [2.24, 2.45) is 0 Å². The van der Waals surface area contributed by atoms with Crippen LogP contribution in [0, 0.1) is 0 Å². The lowest BCUT2D eigenvalue weighted by molar-refractivity contribution is -0.212. The van der Waals surface area contributed by atoms with Crippen LogP contribution in [0.2, 0.25) is 5.02 Å². The minimum atomic E-state index is -4.53. The molecule has 2 aliphatic rings. The van der Waals surface area contributed by atoms with Crippen LogP contribution in [-0.2, 0) is 23.3 Å². The fourth-order valence-corrected chi connectivity index (χ4v) is 5.43. The summed E-state index contributed by atoms with van der Waals surface area (Å²) in [4.78, 5) is 14.3. The number of phosphoric acid groups is 1. The second-order valence-electron chi connectivity index (χ2n) is 8.84. The molecular formula is C21H24ClN4O7P. The van der Waals surface area contributed by atoms with E-state index in [-0.39, 0.29) is 17.4 Å². The summed E-state index contributed by atoms with van der Waals surface area (Å²) >= 11 is 6.03. The first-order chi connectivity index (χ1) is 16.0. The van der Waals surface area contributed by atoms with E-state index in [0.717, 1.165) is 0 Å². The van der Waals surface area contributed by atoms with E-state index in [0.29, 0.717) is 17.0 Å². The molecule has 3 aromatic rings. The summed E-state index contributed by atoms with van der Waals surface area (Å²) < 4.78 is 43.4. The van der Waals surface area contributed by atoms with Crippen LogP contribution in [0.1, 0.15) is 32.6 Å². The third-order valence-corrected chi connectivity index (χ3v) is 6.99. The van der Waals surface area contributed by atoms with E-state index >= 15 is 0 Å². The number of nitrogen functional groups attached to an aromatic ring is 1. The van der Waals surface area contributed by atoms with Gasteiger partial charge in [0, 0.05) is 0 Å². The number of nitrogens with zero attached hydrogens (tertiary/aromatic N) is 3. The summed E-state index contributed by atoms with van der Waals surface area (Å²) in [6, 6.07) is 9.92. The molecule has 1 aromatic carbocycles. The zero-order valence-corrected chi connectivity index (χ0v) is 20.3. The number of halogens is 1. The van der Waals surface area contributed by atoms with Crippen molar-refractivity contribution >= 4 is 30.8 Å². The number of aromatic nitrogens is 3. The van der Waals surface area contributed by atoms with E-state index in [1.54, 1.807) is 43.5 Å². The average molecular weight is 511 g/mol. The highest BCUT2D eigenvalue weighted by Crippen LogP contribution is 2.53. The van der Waals surface area contributed by atoms with Crippen molar-refractivity contribution in [2.75, 3.05) is 12.3 Å². The maximum atomic E-state index is 12.7. The molecule has 2 saturated heterocycles. The van der Waals surface area contributed by atoms with Crippen LogP contribution in [0.5, 0.6) is 5.75 Å². The Balaban J connectivity index is 1.41. The number of anilines is 1. The molecule has 1 unspecified atom stereocenters. The zero-order valence-electron chi connectivity index (χ0n) is 18.6. The molecule has 0 aliphatic carbocycles. The van der Waals surface area contributed by atoms with Crippen LogP contribution in [0.4, 0.5) is 5.82 Å². The monoisotopic (exact) mass is 510 g/mol. The number of benzene rings is 1. The largest absolute Gasteiger partial charge is 0.527 e. The molecule has 13 heteroatoms. The molecule has 3 N–H and O–H groups in total. The quantitative estimate of drug-likeness (QED) is 0.473. The molecule has 5 atom stereocenters. The van der Waals surface area contributed by atoms with E-state index in [4.69, 9.17) is 40.6 Å². The summed E-state index contributed by atoms with van der Waals surface area (Å²) in [7, 11) is -4.53. The highest BCUT2D eigenvalue weighted by molar-refractivity contribution is 7.47. The third-order valence-electron chi connectivity index (χ3n) is 5.79. The van der Waals surface area contributed by atoms with Gasteiger partial charge in [-0.3, -0.25) is 9.42 Å². The van der Waals surface area contributed by atoms with Crippen LogP contribution in [0.3, 0.4) is 0 Å². The molecule has 4 heterocycles. The van der Waals surface area contributed by atoms with Crippen LogP contribution in [-0.4, -0.2) is 49.7 Å². The predicted octanol–water partition coefficient (Wildman–Crippen LogP) is 3.51. The molecule has 34 heavy (non-hydrogen) atoms. The molecule has 182 valence electrons. The van der Waals surface area contributed by atoms with Crippen molar-refractivity contribution in [3.63, 3.8) is 0 Å². The van der Waals surface area contributed by atoms with Crippen molar-refractivity contribution in [1.82, 2.24) is 14.6 Å². The van der Waals surface area contributed by atoms with Crippen molar-refractivity contribution in [3.8, 4) is 5.75 Å². The van der Waals surface area contributed by atoms with Crippen LogP contribution in [0.15, 0.2) is 42.7 Å². The molecule has 5 rings (SSSR count). The first kappa shape index (κ1) is 23.5. The lowest BCUT2D eigenvalue weighted by Gasteiger charge is -2.31. The summed E-state index contributed by atoms with van der Waals surface area (Å²) in [5.41, 5.74) is 6.10. The van der Waals surface area contributed by atoms with Gasteiger partial charge in [0.1, 0.15) is 41.5 Å². The predicted molar refractivity (Wildman–Crippen MR) is 121 cm³/mol. The average Bonchev–Trinajstić information content (AvgIpc) is 3.40. The molecule has 2 aromatic heterocycles. The number of rotatable bonds is 6. The standard InChI is InChI=1S/C21H24ClN4O7P/c1-20(2)30-17-16(13-8-9-14-19(23)24-11-25-26(13)14)31-21(3,18(17)32-20)10-29-34(27,28)33-15-7-5-4-6-12(15)22/h4-9,11,16-18H,10H2,1-3H3,(H,27,28)(H2,23,24,25)/t16-,17-,18-,21+/m0/s1. The lowest BCUT2D eigenvalue weighted by atomic mass is 9.97. The Morgan fingerprint density at radius 1 is 1.21 bits per heavy atom. The summed E-state index contributed by atoms with van der Waals surface area (Å²) in [6.07, 6.45) is -0.428. The molecule has 0 amide bonds. The summed E-state index contributed by atoms with van der Waals surface area (Å²) in [5, 5.41) is 4.47. The number of nitrogens with two attached hydrogens (primary N) is 1. The van der Waals surface area contributed by atoms with E-state index in [1.807, 2.05) is 6.07 Å². The van der Waals surface area contributed by atoms with Gasteiger partial charge in [0.15, 0.2) is 11.6 Å². The normalized spacial score (nSPS) is 29.7. The van der Waals surface area contributed by atoms with E-state index in [9.17, 15) is 9.46 Å². The lowest BCUT2D eigenvalue weighted by Crippen LogP contribution is -2.44. The van der Waals surface area contributed by atoms with Crippen molar-refractivity contribution < 1.29 is 32.7 Å². The van der Waals surface area contributed by atoms with Crippen molar-refractivity contribution in [3.05, 3.63) is 53.4 Å². The number of hydrogen-bond acceptors (Lipinski definition) is 9. The van der Waals surface area contributed by atoms with Crippen molar-refractivity contribution in [1.29, 1.82) is 0 Å². The second-order valence-corrected chi connectivity index (χ2v) is 10.6. The first-order valence-corrected chi connectivity index (χ1v) is 12.4. The highest BCUT2D eigenvalue weighted by atomic mass is 35.5. The van der Waals surface area contributed by atoms with Crippen LogP contribution in [0.25, 0.3) is 5.52 Å². The van der Waals surface area contributed by atoms with E-state index in [2.05, 4.69) is 10.1 Å². The minimum Gasteiger partial charge on any atom is -0.403 e. The van der Waals surface area contributed by atoms with Gasteiger partial charge in [-0.1, -0.05) is 23.7 Å². The molecule has 0 bridgehead atoms. The van der Waals surface area contributed by atoms with Gasteiger partial charge in [0.2, 0.25) is 0 Å². The molecule has 11 nitrogen and oxygen atoms in total. The number of hydrogen-bond donors (Lipinski definition) is 2. The van der Waals surface area contributed by atoms with E-state index in [1.165, 1.54) is 18.5 Å². The zero-order chi connectivity index (χ0) is 24.3. The van der Waals surface area contributed by atoms with Gasteiger partial charge < -0.3 is 24.5 Å². The number of para-hydroxylation sites is 1. The Labute approximate surface area is 200 Å². The van der Waals surface area contributed by atoms with Gasteiger partial charge in [-0.2, -0.15) is 5.10 Å². The van der Waals surface area contributed by atoms with Gasteiger partial charge >= 0.3 is 7.82 Å². The van der Waals surface area contributed by atoms with Crippen molar-refractivity contribution in [2.45, 2.75) is 50.5 Å². The van der Waals surface area contributed by atoms with Gasteiger partial charge in [0.25, 0.3) is 0 Å². The Hall–Kier alpha value is -2.24. The maximum Gasteiger partial charge on any atom is 0.527 e. The number of ether oxygens (including phenoxy) is 3. The summed E-state index contributed by atoms with van der Waals surface area (Å²) in [5.74, 6) is -0.554. The van der Waals surface area contributed by atoms with Crippen LogP contribution < -0.4 is 10.3 Å². The van der Waals surface area contributed by atoms with Gasteiger partial charge in [-0.05, 0) is 45.0 Å². The Morgan fingerprint density at radius 3 is 2.74 bits per heavy atom. The molecule has 0 saturated carbocycles. The SMILES string of the molecule is CC1(C)O[C@H]2[C@H](c3ccc4c(N)ncnn34)O[C@](C)(COP(=O)(O)Oc3ccccc3Cl)[C@H]2O1. The Bertz CT molecular complexity index is 1290.